The summed E-state index contributed by atoms with van der Waals surface area (Å²) in [6.07, 6.45) is 3.82. The topological polar surface area (TPSA) is 104 Å². The Bertz CT molecular complexity index is 793. The van der Waals surface area contributed by atoms with Gasteiger partial charge >= 0.3 is 11.8 Å². The average molecular weight is 305 g/mol. The molecule has 9 heteroatoms. The van der Waals surface area contributed by atoms with Crippen LogP contribution < -0.4 is 15.6 Å². The van der Waals surface area contributed by atoms with Gasteiger partial charge in [0, 0.05) is 25.7 Å². The van der Waals surface area contributed by atoms with Crippen LogP contribution >= 0.6 is 0 Å². The fraction of sp³-hybridized carbons (Fsp3) is 0.385. The van der Waals surface area contributed by atoms with Crippen LogP contribution in [0.1, 0.15) is 13.3 Å². The van der Waals surface area contributed by atoms with Crippen LogP contribution in [0, 0.1) is 0 Å². The SMILES string of the molecule is CCN(C(=O)O)c1cc(N2CC=CCC2)nc2nc(=O)on12. The van der Waals surface area contributed by atoms with Gasteiger partial charge in [-0.1, -0.05) is 12.2 Å². The Kier molecular flexibility index (Phi) is 3.53. The number of fused-ring (bicyclic) bond motifs is 1. The molecule has 3 rings (SSSR count). The van der Waals surface area contributed by atoms with Crippen LogP contribution in [0.2, 0.25) is 0 Å². The van der Waals surface area contributed by atoms with Gasteiger partial charge in [0.15, 0.2) is 5.82 Å². The lowest BCUT2D eigenvalue weighted by atomic mass is 10.2. The molecule has 0 unspecified atom stereocenters. The molecule has 0 bridgehead atoms. The predicted molar refractivity (Wildman–Crippen MR) is 78.5 cm³/mol. The van der Waals surface area contributed by atoms with E-state index in [1.54, 1.807) is 13.0 Å². The fourth-order valence-corrected chi connectivity index (χ4v) is 2.39. The maximum atomic E-state index is 11.4. The number of hydrogen-bond donors (Lipinski definition) is 1. The molecule has 22 heavy (non-hydrogen) atoms. The molecule has 1 amide bonds. The van der Waals surface area contributed by atoms with Crippen molar-refractivity contribution in [2.24, 2.45) is 0 Å². The molecule has 116 valence electrons. The summed E-state index contributed by atoms with van der Waals surface area (Å²) in [6, 6.07) is 1.59. The van der Waals surface area contributed by atoms with Gasteiger partial charge in [-0.25, -0.2) is 9.59 Å². The summed E-state index contributed by atoms with van der Waals surface area (Å²) in [5.74, 6) is 0.00383. The second-order valence-electron chi connectivity index (χ2n) is 4.77. The lowest BCUT2D eigenvalue weighted by molar-refractivity contribution is 0.201. The largest absolute Gasteiger partial charge is 0.465 e. The fourth-order valence-electron chi connectivity index (χ4n) is 2.39. The van der Waals surface area contributed by atoms with Crippen molar-refractivity contribution in [1.82, 2.24) is 14.5 Å². The van der Waals surface area contributed by atoms with E-state index in [9.17, 15) is 14.7 Å². The van der Waals surface area contributed by atoms with Gasteiger partial charge in [0.1, 0.15) is 5.82 Å². The molecule has 0 aromatic carbocycles. The highest BCUT2D eigenvalue weighted by atomic mass is 16.5. The molecule has 9 nitrogen and oxygen atoms in total. The van der Waals surface area contributed by atoms with E-state index in [0.29, 0.717) is 12.4 Å². The molecule has 0 radical (unpaired) electrons. The zero-order valence-electron chi connectivity index (χ0n) is 12.0. The molecule has 1 aliphatic rings. The van der Waals surface area contributed by atoms with Gasteiger partial charge in [0.2, 0.25) is 0 Å². The quantitative estimate of drug-likeness (QED) is 0.842. The van der Waals surface area contributed by atoms with Gasteiger partial charge in [-0.2, -0.15) is 4.98 Å². The number of hydrogen-bond acceptors (Lipinski definition) is 6. The Hall–Kier alpha value is -2.84. The van der Waals surface area contributed by atoms with Crippen molar-refractivity contribution in [2.45, 2.75) is 13.3 Å². The lowest BCUT2D eigenvalue weighted by Crippen LogP contribution is -2.32. The lowest BCUT2D eigenvalue weighted by Gasteiger charge is -2.26. The number of amides is 1. The van der Waals surface area contributed by atoms with Gasteiger partial charge in [0.05, 0.1) is 0 Å². The van der Waals surface area contributed by atoms with Crippen LogP contribution in [0.4, 0.5) is 16.4 Å². The van der Waals surface area contributed by atoms with E-state index in [1.165, 1.54) is 0 Å². The number of carboxylic acid groups (broad SMARTS) is 1. The highest BCUT2D eigenvalue weighted by Gasteiger charge is 2.22. The molecule has 0 saturated carbocycles. The van der Waals surface area contributed by atoms with Crippen LogP contribution in [0.25, 0.3) is 5.78 Å². The first-order valence-corrected chi connectivity index (χ1v) is 6.91. The van der Waals surface area contributed by atoms with Gasteiger partial charge in [-0.15, -0.1) is 9.56 Å². The first kappa shape index (κ1) is 14.1. The first-order valence-electron chi connectivity index (χ1n) is 6.91. The Balaban J connectivity index is 2.17. The van der Waals surface area contributed by atoms with Gasteiger partial charge in [-0.05, 0) is 13.3 Å². The van der Waals surface area contributed by atoms with E-state index in [-0.39, 0.29) is 18.1 Å². The van der Waals surface area contributed by atoms with Crippen LogP contribution in [-0.2, 0) is 0 Å². The zero-order valence-corrected chi connectivity index (χ0v) is 12.0. The molecular weight excluding hydrogens is 290 g/mol. The molecule has 0 spiro atoms. The third kappa shape index (κ3) is 2.41. The molecule has 1 aliphatic heterocycles. The van der Waals surface area contributed by atoms with Gasteiger partial charge in [0.25, 0.3) is 5.78 Å². The molecule has 1 N–H and O–H groups in total. The number of rotatable bonds is 3. The standard InChI is InChI=1S/C13H15N5O4/c1-2-17(13(20)21)10-8-9(16-6-4-3-5-7-16)14-11-15-12(19)22-18(10)11/h3-4,8H,2,5-7H2,1H3,(H,20,21). The van der Waals surface area contributed by atoms with Crippen molar-refractivity contribution in [3.05, 3.63) is 28.8 Å². The number of carbonyl (C=O) groups is 1. The molecular formula is C13H15N5O4. The first-order chi connectivity index (χ1) is 10.6. The summed E-state index contributed by atoms with van der Waals surface area (Å²) in [5, 5.41) is 9.32. The minimum absolute atomic E-state index is 0.0479. The molecule has 2 aromatic heterocycles. The summed E-state index contributed by atoms with van der Waals surface area (Å²) in [4.78, 5) is 33.8. The van der Waals surface area contributed by atoms with E-state index in [2.05, 4.69) is 16.0 Å². The maximum Gasteiger partial charge on any atom is 0.461 e. The Labute approximate surface area is 125 Å². The van der Waals surface area contributed by atoms with Crippen molar-refractivity contribution in [1.29, 1.82) is 0 Å². The molecule has 2 aromatic rings. The third-order valence-electron chi connectivity index (χ3n) is 3.43. The summed E-state index contributed by atoms with van der Waals surface area (Å²) in [6.45, 7) is 3.33. The highest BCUT2D eigenvalue weighted by Crippen LogP contribution is 2.23. The van der Waals surface area contributed by atoms with Crippen molar-refractivity contribution >= 4 is 23.5 Å². The molecule has 0 aliphatic carbocycles. The Morgan fingerprint density at radius 1 is 1.45 bits per heavy atom. The summed E-state index contributed by atoms with van der Waals surface area (Å²) >= 11 is 0. The Morgan fingerprint density at radius 2 is 2.27 bits per heavy atom. The van der Waals surface area contributed by atoms with Gasteiger partial charge < -0.3 is 14.5 Å². The van der Waals surface area contributed by atoms with Crippen LogP contribution in [-0.4, -0.2) is 45.4 Å². The smallest absolute Gasteiger partial charge is 0.461 e. The monoisotopic (exact) mass is 305 g/mol. The van der Waals surface area contributed by atoms with Crippen molar-refractivity contribution in [3.63, 3.8) is 0 Å². The Morgan fingerprint density at radius 3 is 2.91 bits per heavy atom. The zero-order chi connectivity index (χ0) is 15.7. The van der Waals surface area contributed by atoms with E-state index in [4.69, 9.17) is 4.52 Å². The van der Waals surface area contributed by atoms with E-state index < -0.39 is 11.8 Å². The van der Waals surface area contributed by atoms with Gasteiger partial charge in [-0.3, -0.25) is 4.90 Å². The predicted octanol–water partition coefficient (Wildman–Crippen LogP) is 0.953. The van der Waals surface area contributed by atoms with Crippen LogP contribution in [0.3, 0.4) is 0 Å². The molecule has 0 fully saturated rings. The second kappa shape index (κ2) is 5.51. The highest BCUT2D eigenvalue weighted by molar-refractivity contribution is 5.85. The number of anilines is 2. The third-order valence-corrected chi connectivity index (χ3v) is 3.43. The minimum atomic E-state index is -1.14. The van der Waals surface area contributed by atoms with E-state index in [1.807, 2.05) is 11.0 Å². The maximum absolute atomic E-state index is 11.4. The van der Waals surface area contributed by atoms with E-state index in [0.717, 1.165) is 22.4 Å². The number of nitrogens with zero attached hydrogens (tertiary/aromatic N) is 5. The van der Waals surface area contributed by atoms with Crippen LogP contribution in [0.15, 0.2) is 27.5 Å². The van der Waals surface area contributed by atoms with Crippen molar-refractivity contribution < 1.29 is 14.4 Å². The molecule has 0 saturated heterocycles. The normalized spacial score (nSPS) is 14.5. The molecule has 0 atom stereocenters. The second-order valence-corrected chi connectivity index (χ2v) is 4.77. The number of aromatic nitrogens is 3. The van der Waals surface area contributed by atoms with Crippen molar-refractivity contribution in [2.75, 3.05) is 29.4 Å². The molecule has 3 heterocycles. The van der Waals surface area contributed by atoms with Crippen LogP contribution in [0.5, 0.6) is 0 Å². The van der Waals surface area contributed by atoms with Crippen molar-refractivity contribution in [3.8, 4) is 0 Å². The summed E-state index contributed by atoms with van der Waals surface area (Å²) < 4.78 is 5.97. The average Bonchev–Trinajstić information content (AvgIpc) is 2.88. The summed E-state index contributed by atoms with van der Waals surface area (Å²) in [5.41, 5.74) is 0. The summed E-state index contributed by atoms with van der Waals surface area (Å²) in [7, 11) is 0. The van der Waals surface area contributed by atoms with E-state index >= 15 is 0 Å². The minimum Gasteiger partial charge on any atom is -0.465 e.